The topological polar surface area (TPSA) is 63.2 Å². The van der Waals surface area contributed by atoms with Gasteiger partial charge in [-0.1, -0.05) is 0 Å². The van der Waals surface area contributed by atoms with Crippen LogP contribution in [0.4, 0.5) is 10.7 Å². The molecular formula is C13H13N3O2S2. The van der Waals surface area contributed by atoms with Gasteiger partial charge < -0.3 is 15.4 Å². The molecule has 2 rings (SSSR count). The second-order valence-corrected chi connectivity index (χ2v) is 5.57. The molecule has 2 heterocycles. The average molecular weight is 307 g/mol. The third kappa shape index (κ3) is 3.52. The summed E-state index contributed by atoms with van der Waals surface area (Å²) in [5.41, 5.74) is 1.30. The molecule has 2 aromatic heterocycles. The van der Waals surface area contributed by atoms with Crippen LogP contribution in [-0.2, 0) is 4.74 Å². The highest BCUT2D eigenvalue weighted by molar-refractivity contribution is 7.80. The van der Waals surface area contributed by atoms with Crippen LogP contribution < -0.4 is 10.6 Å². The number of nitrogens with zero attached hydrogens (tertiary/aromatic N) is 1. The predicted molar refractivity (Wildman–Crippen MR) is 84.5 cm³/mol. The van der Waals surface area contributed by atoms with Crippen LogP contribution in [0.3, 0.4) is 0 Å². The van der Waals surface area contributed by atoms with Crippen molar-refractivity contribution < 1.29 is 9.53 Å². The highest BCUT2D eigenvalue weighted by Crippen LogP contribution is 2.28. The number of ether oxygens (including phenoxy) is 1. The number of aromatic nitrogens is 1. The largest absolute Gasteiger partial charge is 0.465 e. The fourth-order valence-electron chi connectivity index (χ4n) is 1.57. The van der Waals surface area contributed by atoms with Gasteiger partial charge in [-0.25, -0.2) is 4.79 Å². The molecular weight excluding hydrogens is 294 g/mol. The van der Waals surface area contributed by atoms with E-state index in [-0.39, 0.29) is 5.97 Å². The zero-order valence-electron chi connectivity index (χ0n) is 11.0. The van der Waals surface area contributed by atoms with Gasteiger partial charge in [-0.2, -0.15) is 0 Å². The number of nitrogens with one attached hydrogen (secondary N) is 2. The molecule has 0 saturated heterocycles. The van der Waals surface area contributed by atoms with E-state index < -0.39 is 0 Å². The zero-order chi connectivity index (χ0) is 14.5. The summed E-state index contributed by atoms with van der Waals surface area (Å²) in [5.74, 6) is -0.386. The van der Waals surface area contributed by atoms with Crippen LogP contribution in [0.5, 0.6) is 0 Å². The van der Waals surface area contributed by atoms with Crippen molar-refractivity contribution in [1.29, 1.82) is 0 Å². The molecule has 0 unspecified atom stereocenters. The zero-order valence-corrected chi connectivity index (χ0v) is 12.6. The van der Waals surface area contributed by atoms with E-state index in [0.29, 0.717) is 15.7 Å². The van der Waals surface area contributed by atoms with E-state index in [1.807, 2.05) is 6.92 Å². The first kappa shape index (κ1) is 14.4. The molecule has 0 aliphatic heterocycles. The van der Waals surface area contributed by atoms with Crippen molar-refractivity contribution >= 4 is 45.3 Å². The molecule has 0 saturated carbocycles. The Kier molecular flexibility index (Phi) is 4.65. The van der Waals surface area contributed by atoms with Crippen LogP contribution in [0, 0.1) is 6.92 Å². The average Bonchev–Trinajstić information content (AvgIpc) is 2.79. The van der Waals surface area contributed by atoms with Crippen molar-refractivity contribution in [3.05, 3.63) is 41.0 Å². The number of rotatable bonds is 3. The van der Waals surface area contributed by atoms with Gasteiger partial charge in [0.2, 0.25) is 0 Å². The van der Waals surface area contributed by atoms with E-state index in [0.717, 1.165) is 10.6 Å². The van der Waals surface area contributed by atoms with Crippen LogP contribution in [-0.4, -0.2) is 23.2 Å². The number of hydrogen-bond donors (Lipinski definition) is 2. The molecule has 0 aliphatic rings. The van der Waals surface area contributed by atoms with E-state index in [1.54, 1.807) is 30.6 Å². The highest BCUT2D eigenvalue weighted by Gasteiger charge is 2.16. The number of anilines is 2. The molecule has 0 atom stereocenters. The van der Waals surface area contributed by atoms with Gasteiger partial charge >= 0.3 is 5.97 Å². The fraction of sp³-hybridized carbons (Fsp3) is 0.154. The fourth-order valence-corrected chi connectivity index (χ4v) is 2.76. The molecule has 0 bridgehead atoms. The summed E-state index contributed by atoms with van der Waals surface area (Å²) in [6.45, 7) is 1.92. The minimum absolute atomic E-state index is 0.386. The molecule has 0 radical (unpaired) electrons. The van der Waals surface area contributed by atoms with E-state index in [9.17, 15) is 4.79 Å². The van der Waals surface area contributed by atoms with Crippen molar-refractivity contribution in [2.45, 2.75) is 6.92 Å². The number of hydrogen-bond acceptors (Lipinski definition) is 5. The highest BCUT2D eigenvalue weighted by atomic mass is 32.1. The van der Waals surface area contributed by atoms with Gasteiger partial charge in [-0.15, -0.1) is 11.3 Å². The second-order valence-electron chi connectivity index (χ2n) is 3.91. The van der Waals surface area contributed by atoms with Gasteiger partial charge in [-0.3, -0.25) is 4.98 Å². The van der Waals surface area contributed by atoms with E-state index in [4.69, 9.17) is 17.0 Å². The third-order valence-electron chi connectivity index (χ3n) is 2.43. The Bertz CT molecular complexity index is 626. The quantitative estimate of drug-likeness (QED) is 0.671. The van der Waals surface area contributed by atoms with E-state index in [1.165, 1.54) is 18.4 Å². The molecule has 104 valence electrons. The minimum Gasteiger partial charge on any atom is -0.465 e. The summed E-state index contributed by atoms with van der Waals surface area (Å²) >= 11 is 6.67. The summed E-state index contributed by atoms with van der Waals surface area (Å²) in [4.78, 5) is 16.6. The molecule has 20 heavy (non-hydrogen) atoms. The summed E-state index contributed by atoms with van der Waals surface area (Å²) in [6.07, 6.45) is 3.33. The standard InChI is InChI=1S/C13H13N3O2S2/c1-8-7-10(12(17)18-2)11(20-8)16-13(19)15-9-3-5-14-6-4-9/h3-7H,1-2H3,(H2,14,15,16,19). The van der Waals surface area contributed by atoms with Gasteiger partial charge in [0.15, 0.2) is 5.11 Å². The number of pyridine rings is 1. The molecule has 5 nitrogen and oxygen atoms in total. The van der Waals surface area contributed by atoms with Gasteiger partial charge in [0.05, 0.1) is 12.7 Å². The predicted octanol–water partition coefficient (Wildman–Crippen LogP) is 3.05. The van der Waals surface area contributed by atoms with E-state index in [2.05, 4.69) is 15.6 Å². The Morgan fingerprint density at radius 1 is 1.35 bits per heavy atom. The van der Waals surface area contributed by atoms with Crippen LogP contribution in [0.2, 0.25) is 0 Å². The van der Waals surface area contributed by atoms with Crippen molar-refractivity contribution in [1.82, 2.24) is 4.98 Å². The molecule has 0 aliphatic carbocycles. The Morgan fingerprint density at radius 2 is 2.05 bits per heavy atom. The van der Waals surface area contributed by atoms with Crippen LogP contribution in [0.1, 0.15) is 15.2 Å². The number of thiocarbonyl (C=S) groups is 1. The van der Waals surface area contributed by atoms with Crippen molar-refractivity contribution in [2.75, 3.05) is 17.7 Å². The first-order chi connectivity index (χ1) is 9.60. The number of thiophene rings is 1. The minimum atomic E-state index is -0.386. The first-order valence-electron chi connectivity index (χ1n) is 5.77. The first-order valence-corrected chi connectivity index (χ1v) is 6.99. The Labute approximate surface area is 126 Å². The number of esters is 1. The Hall–Kier alpha value is -1.99. The lowest BCUT2D eigenvalue weighted by atomic mass is 10.3. The molecule has 0 amide bonds. The molecule has 0 spiro atoms. The Morgan fingerprint density at radius 3 is 2.70 bits per heavy atom. The van der Waals surface area contributed by atoms with Crippen LogP contribution in [0.25, 0.3) is 0 Å². The van der Waals surface area contributed by atoms with E-state index >= 15 is 0 Å². The summed E-state index contributed by atoms with van der Waals surface area (Å²) < 4.78 is 4.75. The van der Waals surface area contributed by atoms with Gasteiger partial charge in [0.25, 0.3) is 0 Å². The molecule has 7 heteroatoms. The maximum absolute atomic E-state index is 11.7. The van der Waals surface area contributed by atoms with Crippen molar-refractivity contribution in [2.24, 2.45) is 0 Å². The van der Waals surface area contributed by atoms with Crippen LogP contribution in [0.15, 0.2) is 30.6 Å². The van der Waals surface area contributed by atoms with Gasteiger partial charge in [-0.05, 0) is 37.3 Å². The third-order valence-corrected chi connectivity index (χ3v) is 3.60. The number of aryl methyl sites for hydroxylation is 1. The molecule has 0 aromatic carbocycles. The van der Waals surface area contributed by atoms with Crippen molar-refractivity contribution in [3.8, 4) is 0 Å². The van der Waals surface area contributed by atoms with Gasteiger partial charge in [0.1, 0.15) is 5.00 Å². The molecule has 2 N–H and O–H groups in total. The van der Waals surface area contributed by atoms with Gasteiger partial charge in [0, 0.05) is 23.0 Å². The van der Waals surface area contributed by atoms with Crippen LogP contribution >= 0.6 is 23.6 Å². The maximum Gasteiger partial charge on any atom is 0.340 e. The number of methoxy groups -OCH3 is 1. The number of carbonyl (C=O) groups excluding carboxylic acids is 1. The Balaban J connectivity index is 2.10. The lowest BCUT2D eigenvalue weighted by molar-refractivity contribution is 0.0602. The number of carbonyl (C=O) groups is 1. The van der Waals surface area contributed by atoms with Crippen molar-refractivity contribution in [3.63, 3.8) is 0 Å². The molecule has 0 fully saturated rings. The summed E-state index contributed by atoms with van der Waals surface area (Å²) in [7, 11) is 1.35. The normalized spacial score (nSPS) is 9.90. The maximum atomic E-state index is 11.7. The molecule has 2 aromatic rings. The second kappa shape index (κ2) is 6.44. The lowest BCUT2D eigenvalue weighted by Gasteiger charge is -2.09. The monoisotopic (exact) mass is 307 g/mol. The summed E-state index contributed by atoms with van der Waals surface area (Å²) in [5, 5.41) is 7.10. The SMILES string of the molecule is COC(=O)c1cc(C)sc1NC(=S)Nc1ccncc1. The summed E-state index contributed by atoms with van der Waals surface area (Å²) in [6, 6.07) is 5.37. The lowest BCUT2D eigenvalue weighted by Crippen LogP contribution is -2.19. The smallest absolute Gasteiger partial charge is 0.340 e.